The molecular weight excluding hydrogens is 232 g/mol. The number of phenolic OH excluding ortho intramolecular Hbond substituents is 1. The topological polar surface area (TPSA) is 20.2 Å². The fourth-order valence-electron chi connectivity index (χ4n) is 2.72. The van der Waals surface area contributed by atoms with Crippen LogP contribution in [0.3, 0.4) is 0 Å². The maximum Gasteiger partial charge on any atom is 0.118 e. The average molecular weight is 254 g/mol. The highest BCUT2D eigenvalue weighted by molar-refractivity contribution is 5.41. The number of benzene rings is 2. The lowest BCUT2D eigenvalue weighted by Crippen LogP contribution is -2.22. The van der Waals surface area contributed by atoms with E-state index in [-0.39, 0.29) is 5.41 Å². The van der Waals surface area contributed by atoms with Crippen LogP contribution in [0.15, 0.2) is 42.5 Å². The average Bonchev–Trinajstić information content (AvgIpc) is 2.35. The molecule has 0 aliphatic heterocycles. The predicted molar refractivity (Wildman–Crippen MR) is 80.8 cm³/mol. The molecule has 0 heterocycles. The van der Waals surface area contributed by atoms with Gasteiger partial charge < -0.3 is 5.11 Å². The second-order valence-electron chi connectivity index (χ2n) is 5.94. The van der Waals surface area contributed by atoms with Crippen LogP contribution in [0.4, 0.5) is 0 Å². The zero-order chi connectivity index (χ0) is 14.0. The summed E-state index contributed by atoms with van der Waals surface area (Å²) in [6.07, 6.45) is 0.837. The molecule has 1 heteroatoms. The van der Waals surface area contributed by atoms with Crippen LogP contribution in [0, 0.1) is 13.8 Å². The Hall–Kier alpha value is -1.76. The van der Waals surface area contributed by atoms with Gasteiger partial charge in [-0.3, -0.25) is 0 Å². The minimum absolute atomic E-state index is 0.00887. The van der Waals surface area contributed by atoms with Gasteiger partial charge in [-0.15, -0.1) is 0 Å². The van der Waals surface area contributed by atoms with E-state index in [2.05, 4.69) is 45.9 Å². The lowest BCUT2D eigenvalue weighted by Gasteiger charge is -2.28. The summed E-state index contributed by atoms with van der Waals surface area (Å²) in [4.78, 5) is 0. The Balaban J connectivity index is 2.38. The number of rotatable bonds is 3. The summed E-state index contributed by atoms with van der Waals surface area (Å²) in [6.45, 7) is 8.80. The van der Waals surface area contributed by atoms with E-state index < -0.39 is 0 Å². The van der Waals surface area contributed by atoms with Crippen LogP contribution in [0.1, 0.15) is 36.1 Å². The quantitative estimate of drug-likeness (QED) is 0.853. The van der Waals surface area contributed by atoms with Crippen LogP contribution in [0.2, 0.25) is 0 Å². The Labute approximate surface area is 115 Å². The summed E-state index contributed by atoms with van der Waals surface area (Å²) < 4.78 is 0. The molecule has 0 aromatic heterocycles. The van der Waals surface area contributed by atoms with Crippen LogP contribution in [0.5, 0.6) is 5.75 Å². The smallest absolute Gasteiger partial charge is 0.118 e. The van der Waals surface area contributed by atoms with Gasteiger partial charge in [-0.2, -0.15) is 0 Å². The second-order valence-corrected chi connectivity index (χ2v) is 5.94. The monoisotopic (exact) mass is 254 g/mol. The van der Waals surface area contributed by atoms with Crippen LogP contribution in [-0.2, 0) is 11.8 Å². The van der Waals surface area contributed by atoms with Crippen molar-refractivity contribution in [3.05, 3.63) is 64.7 Å². The molecule has 1 N–H and O–H groups in total. The lowest BCUT2D eigenvalue weighted by atomic mass is 9.76. The molecule has 2 aromatic carbocycles. The van der Waals surface area contributed by atoms with E-state index in [0.29, 0.717) is 5.75 Å². The zero-order valence-electron chi connectivity index (χ0n) is 12.2. The molecule has 1 nitrogen and oxygen atoms in total. The van der Waals surface area contributed by atoms with Gasteiger partial charge in [0.25, 0.3) is 0 Å². The summed E-state index contributed by atoms with van der Waals surface area (Å²) in [5, 5.41) is 9.94. The molecule has 0 bridgehead atoms. The van der Waals surface area contributed by atoms with Gasteiger partial charge in [-0.25, -0.2) is 0 Å². The summed E-state index contributed by atoms with van der Waals surface area (Å²) in [6, 6.07) is 14.1. The zero-order valence-corrected chi connectivity index (χ0v) is 12.2. The van der Waals surface area contributed by atoms with E-state index in [0.717, 1.165) is 12.0 Å². The fourth-order valence-corrected chi connectivity index (χ4v) is 2.72. The predicted octanol–water partition coefficient (Wildman–Crippen LogP) is 4.53. The first-order valence-electron chi connectivity index (χ1n) is 6.75. The third-order valence-corrected chi connectivity index (χ3v) is 3.96. The Morgan fingerprint density at radius 1 is 0.947 bits per heavy atom. The molecular formula is C18H22O. The van der Waals surface area contributed by atoms with Crippen molar-refractivity contribution in [1.29, 1.82) is 0 Å². The first kappa shape index (κ1) is 13.7. The largest absolute Gasteiger partial charge is 0.508 e. The highest BCUT2D eigenvalue weighted by Gasteiger charge is 2.24. The highest BCUT2D eigenvalue weighted by Crippen LogP contribution is 2.33. The minimum atomic E-state index is 0.00887. The Bertz CT molecular complexity index is 582. The van der Waals surface area contributed by atoms with Crippen molar-refractivity contribution in [2.75, 3.05) is 0 Å². The van der Waals surface area contributed by atoms with Gasteiger partial charge in [-0.05, 0) is 54.0 Å². The molecule has 0 saturated carbocycles. The SMILES string of the molecule is Cc1cccc(C(C)(C)Cc2ccccc2O)c1C. The lowest BCUT2D eigenvalue weighted by molar-refractivity contribution is 0.450. The Morgan fingerprint density at radius 2 is 1.63 bits per heavy atom. The summed E-state index contributed by atoms with van der Waals surface area (Å²) in [7, 11) is 0. The maximum atomic E-state index is 9.94. The van der Waals surface area contributed by atoms with Crippen LogP contribution in [-0.4, -0.2) is 5.11 Å². The molecule has 0 radical (unpaired) electrons. The molecule has 0 amide bonds. The van der Waals surface area contributed by atoms with E-state index in [1.807, 2.05) is 18.2 Å². The molecule has 0 aliphatic rings. The molecule has 100 valence electrons. The van der Waals surface area contributed by atoms with Gasteiger partial charge >= 0.3 is 0 Å². The van der Waals surface area contributed by atoms with Crippen molar-refractivity contribution in [3.8, 4) is 5.75 Å². The number of hydrogen-bond acceptors (Lipinski definition) is 1. The molecule has 0 atom stereocenters. The fraction of sp³-hybridized carbons (Fsp3) is 0.333. The minimum Gasteiger partial charge on any atom is -0.508 e. The molecule has 0 aliphatic carbocycles. The van der Waals surface area contributed by atoms with Crippen molar-refractivity contribution in [2.45, 2.75) is 39.5 Å². The van der Waals surface area contributed by atoms with Gasteiger partial charge in [0.15, 0.2) is 0 Å². The third-order valence-electron chi connectivity index (χ3n) is 3.96. The van der Waals surface area contributed by atoms with Crippen molar-refractivity contribution < 1.29 is 5.11 Å². The van der Waals surface area contributed by atoms with Gasteiger partial charge in [0.2, 0.25) is 0 Å². The summed E-state index contributed by atoms with van der Waals surface area (Å²) >= 11 is 0. The number of hydrogen-bond donors (Lipinski definition) is 1. The van der Waals surface area contributed by atoms with Crippen molar-refractivity contribution in [3.63, 3.8) is 0 Å². The van der Waals surface area contributed by atoms with Gasteiger partial charge in [0, 0.05) is 0 Å². The Kier molecular flexibility index (Phi) is 3.66. The first-order valence-corrected chi connectivity index (χ1v) is 6.75. The standard InChI is InChI=1S/C18H22O/c1-13-8-7-10-16(14(13)2)18(3,4)12-15-9-5-6-11-17(15)19/h5-11,19H,12H2,1-4H3. The molecule has 2 rings (SSSR count). The summed E-state index contributed by atoms with van der Waals surface area (Å²) in [5.41, 5.74) is 5.05. The molecule has 19 heavy (non-hydrogen) atoms. The van der Waals surface area contributed by atoms with E-state index >= 15 is 0 Å². The molecule has 2 aromatic rings. The van der Waals surface area contributed by atoms with Crippen LogP contribution in [0.25, 0.3) is 0 Å². The molecule has 0 spiro atoms. The number of aromatic hydroxyl groups is 1. The summed E-state index contributed by atoms with van der Waals surface area (Å²) in [5.74, 6) is 0.390. The Morgan fingerprint density at radius 3 is 2.32 bits per heavy atom. The van der Waals surface area contributed by atoms with Crippen molar-refractivity contribution in [2.24, 2.45) is 0 Å². The number of para-hydroxylation sites is 1. The molecule has 0 saturated heterocycles. The first-order chi connectivity index (χ1) is 8.92. The van der Waals surface area contributed by atoms with E-state index in [4.69, 9.17) is 0 Å². The maximum absolute atomic E-state index is 9.94. The molecule has 0 unspecified atom stereocenters. The number of phenols is 1. The van der Waals surface area contributed by atoms with E-state index in [1.54, 1.807) is 6.07 Å². The van der Waals surface area contributed by atoms with Crippen molar-refractivity contribution in [1.82, 2.24) is 0 Å². The number of aryl methyl sites for hydroxylation is 1. The normalized spacial score (nSPS) is 11.6. The van der Waals surface area contributed by atoms with Gasteiger partial charge in [0.05, 0.1) is 0 Å². The highest BCUT2D eigenvalue weighted by atomic mass is 16.3. The van der Waals surface area contributed by atoms with Gasteiger partial charge in [-0.1, -0.05) is 50.2 Å². The van der Waals surface area contributed by atoms with Crippen LogP contribution >= 0.6 is 0 Å². The molecule has 0 fully saturated rings. The van der Waals surface area contributed by atoms with Crippen LogP contribution < -0.4 is 0 Å². The third kappa shape index (κ3) is 2.81. The van der Waals surface area contributed by atoms with E-state index in [9.17, 15) is 5.11 Å². The van der Waals surface area contributed by atoms with Crippen molar-refractivity contribution >= 4 is 0 Å². The van der Waals surface area contributed by atoms with E-state index in [1.165, 1.54) is 16.7 Å². The second kappa shape index (κ2) is 5.08. The van der Waals surface area contributed by atoms with Gasteiger partial charge in [0.1, 0.15) is 5.75 Å².